The summed E-state index contributed by atoms with van der Waals surface area (Å²) in [7, 11) is 4.06. The van der Waals surface area contributed by atoms with Crippen LogP contribution in [0, 0.1) is 0 Å². The fourth-order valence-electron chi connectivity index (χ4n) is 8.51. The Morgan fingerprint density at radius 3 is 1.24 bits per heavy atom. The molecule has 0 unspecified atom stereocenters. The van der Waals surface area contributed by atoms with Crippen LogP contribution in [0.3, 0.4) is 0 Å². The normalized spacial score (nSPS) is 11.4. The van der Waals surface area contributed by atoms with Crippen molar-refractivity contribution in [3.63, 3.8) is 0 Å². The number of ether oxygens (including phenoxy) is 3. The van der Waals surface area contributed by atoms with Crippen molar-refractivity contribution in [2.24, 2.45) is 0 Å². The summed E-state index contributed by atoms with van der Waals surface area (Å²) < 4.78 is 14.8. The number of hydrogen-bond donors (Lipinski definition) is 0. The Morgan fingerprint density at radius 2 is 0.797 bits per heavy atom. The molecule has 0 aliphatic carbocycles. The van der Waals surface area contributed by atoms with Crippen molar-refractivity contribution in [1.29, 1.82) is 0 Å². The molecule has 0 atom stereocenters. The third-order valence-electron chi connectivity index (χ3n) is 12.0. The van der Waals surface area contributed by atoms with Crippen molar-refractivity contribution >= 4 is 97.3 Å². The Balaban J connectivity index is 0.00000588. The van der Waals surface area contributed by atoms with E-state index in [-0.39, 0.29) is 17.1 Å². The van der Waals surface area contributed by atoms with Crippen molar-refractivity contribution in [2.75, 3.05) is 21.3 Å². The molecule has 363 valence electrons. The molecule has 0 saturated heterocycles. The summed E-state index contributed by atoms with van der Waals surface area (Å²) in [4.78, 5) is 88.1. The molecule has 0 N–H and O–H groups in total. The van der Waals surface area contributed by atoms with Crippen LogP contribution in [-0.2, 0) is 31.3 Å². The summed E-state index contributed by atoms with van der Waals surface area (Å²) in [5, 5.41) is 2.80. The van der Waals surface area contributed by atoms with Crippen LogP contribution in [0.15, 0.2) is 175 Å². The third-order valence-corrected chi connectivity index (χ3v) is 15.1. The van der Waals surface area contributed by atoms with E-state index in [4.69, 9.17) is 59.1 Å². The van der Waals surface area contributed by atoms with Crippen LogP contribution in [-0.4, -0.2) is 74.1 Å². The number of esters is 3. The molecule has 0 fully saturated rings. The molecule has 6 heterocycles. The smallest absolute Gasteiger partial charge is 0.465 e. The molecule has 1 radical (unpaired) electrons. The van der Waals surface area contributed by atoms with Gasteiger partial charge in [-0.1, -0.05) is 83.8 Å². The van der Waals surface area contributed by atoms with Crippen molar-refractivity contribution in [1.82, 2.24) is 44.9 Å². The van der Waals surface area contributed by atoms with Gasteiger partial charge in [0.1, 0.15) is 0 Å². The van der Waals surface area contributed by atoms with Crippen molar-refractivity contribution in [2.45, 2.75) is 29.4 Å². The molecule has 0 saturated carbocycles. The number of carbonyl (C=O) groups excluding carboxylic acids is 3. The first-order chi connectivity index (χ1) is 35.7. The number of benzene rings is 6. The molecule has 0 spiro atoms. The minimum absolute atomic E-state index is 0. The van der Waals surface area contributed by atoms with Gasteiger partial charge in [-0.3, -0.25) is 4.98 Å². The van der Waals surface area contributed by atoms with Gasteiger partial charge in [-0.15, -0.1) is 0 Å². The summed E-state index contributed by atoms with van der Waals surface area (Å²) >= 11 is 4.42. The fourth-order valence-corrected chi connectivity index (χ4v) is 11.4. The number of methoxy groups -OCH3 is 3. The molecule has 6 aromatic carbocycles. The average Bonchev–Trinajstić information content (AvgIpc) is 4.18. The summed E-state index contributed by atoms with van der Waals surface area (Å²) in [6.45, 7) is 0. The first kappa shape index (κ1) is 48.1. The van der Waals surface area contributed by atoms with Gasteiger partial charge in [-0.25, -0.2) is 24.4 Å². The summed E-state index contributed by atoms with van der Waals surface area (Å²) in [6.07, 6.45) is 3.47. The van der Waals surface area contributed by atoms with E-state index in [1.165, 1.54) is 56.6 Å². The number of nitrogens with zero attached hydrogens (tertiary/aromatic N) is 9. The van der Waals surface area contributed by atoms with Crippen LogP contribution in [0.25, 0.3) is 89.7 Å². The fraction of sp³-hybridized carbons (Fsp3) is 0.0545. The van der Waals surface area contributed by atoms with Gasteiger partial charge >= 0.3 is 35.0 Å². The largest absolute Gasteiger partial charge is 2.00 e. The number of fused-ring (bicyclic) bond motifs is 20. The number of pyridine rings is 1. The first-order valence-corrected chi connectivity index (χ1v) is 24.8. The SMILES string of the molecule is COC(=O)c1ccc(Sc2cccc3c2-c2nc-3nc3[n-]c(nc4nc(nc5[n-]c(n2)c2ccccc52)-c2cccc(Sc5ccc(C(=O)OC)cc5)c2-4)c2cncc(Sc4ccc(C(=O)OC)cc4)c32)cc1.[Cu+2]. The minimum Gasteiger partial charge on any atom is -0.465 e. The molecule has 2 aliphatic rings. The predicted molar refractivity (Wildman–Crippen MR) is 278 cm³/mol. The summed E-state index contributed by atoms with van der Waals surface area (Å²) in [6, 6.07) is 41.1. The van der Waals surface area contributed by atoms with Crippen LogP contribution in [0.1, 0.15) is 31.1 Å². The maximum absolute atomic E-state index is 12.3. The average molecular weight is 1080 g/mol. The van der Waals surface area contributed by atoms with E-state index in [1.807, 2.05) is 97.1 Å². The second kappa shape index (κ2) is 20.0. The molecule has 19 heteroatoms. The predicted octanol–water partition coefficient (Wildman–Crippen LogP) is 11.3. The van der Waals surface area contributed by atoms with Gasteiger partial charge in [0.25, 0.3) is 0 Å². The van der Waals surface area contributed by atoms with E-state index in [0.29, 0.717) is 78.9 Å². The zero-order valence-electron chi connectivity index (χ0n) is 38.9. The van der Waals surface area contributed by atoms with Gasteiger partial charge in [0.15, 0.2) is 0 Å². The zero-order chi connectivity index (χ0) is 49.7. The van der Waals surface area contributed by atoms with Gasteiger partial charge in [-0.05, 0) is 95.7 Å². The Kier molecular flexibility index (Phi) is 13.0. The number of hydrogen-bond acceptors (Lipinski definition) is 16. The third kappa shape index (κ3) is 8.83. The van der Waals surface area contributed by atoms with Crippen LogP contribution in [0.2, 0.25) is 0 Å². The van der Waals surface area contributed by atoms with Crippen LogP contribution in [0.5, 0.6) is 0 Å². The van der Waals surface area contributed by atoms with E-state index < -0.39 is 17.9 Å². The Morgan fingerprint density at radius 1 is 0.405 bits per heavy atom. The maximum atomic E-state index is 12.3. The van der Waals surface area contributed by atoms with E-state index in [2.05, 4.69) is 0 Å². The van der Waals surface area contributed by atoms with Crippen molar-refractivity contribution < 1.29 is 45.7 Å². The topological polar surface area (TPSA) is 197 Å². The van der Waals surface area contributed by atoms with Gasteiger partial charge < -0.3 is 44.1 Å². The Bertz CT molecular complexity index is 4030. The Hall–Kier alpha value is -8.19. The minimum atomic E-state index is -0.438. The summed E-state index contributed by atoms with van der Waals surface area (Å²) in [5.74, 6) is 0.210. The van der Waals surface area contributed by atoms with Crippen LogP contribution >= 0.6 is 35.3 Å². The molecular weight excluding hydrogens is 1040 g/mol. The van der Waals surface area contributed by atoms with E-state index in [0.717, 1.165) is 56.8 Å². The Labute approximate surface area is 443 Å². The van der Waals surface area contributed by atoms with Crippen molar-refractivity contribution in [3.05, 3.63) is 163 Å². The molecule has 10 aromatic rings. The van der Waals surface area contributed by atoms with E-state index in [9.17, 15) is 14.4 Å². The molecule has 2 aliphatic heterocycles. The molecular formula is C55H33CuN9O6S3. The second-order valence-corrected chi connectivity index (χ2v) is 19.6. The molecule has 8 bridgehead atoms. The van der Waals surface area contributed by atoms with Gasteiger partial charge in [0.05, 0.1) is 61.3 Å². The summed E-state index contributed by atoms with van der Waals surface area (Å²) in [5.41, 5.74) is 5.66. The van der Waals surface area contributed by atoms with Gasteiger partial charge in [0, 0.05) is 97.4 Å². The number of aromatic nitrogens is 9. The molecule has 0 amide bonds. The standard InChI is InChI=1S/C55H33N9O6S3.Cu/c1-68-53(65)28-14-20-31(21-15-28)71-39-12-6-10-36-42(39)51-60-47(36)58-45-34-8-4-5-9-35(34)46(57-45)59-50-43-37(11-7-13-40(43)72-32-22-16-29(17-23-32)54(66)69-2)48(61-50)62-52-44-38(49(63-51)64-52)26-56-27-41(44)73-33-24-18-30(19-25-33)55(67)70-3;/h4-27H,1-3H3;/q-2;+2. The molecule has 74 heavy (non-hydrogen) atoms. The maximum Gasteiger partial charge on any atom is 2.00 e. The van der Waals surface area contributed by atoms with Crippen LogP contribution < -0.4 is 9.97 Å². The van der Waals surface area contributed by atoms with Crippen LogP contribution in [0.4, 0.5) is 0 Å². The zero-order valence-corrected chi connectivity index (χ0v) is 42.2. The monoisotopic (exact) mass is 1070 g/mol. The van der Waals surface area contributed by atoms with E-state index in [1.54, 1.807) is 48.8 Å². The number of rotatable bonds is 9. The second-order valence-electron chi connectivity index (χ2n) is 16.3. The molecule has 12 rings (SSSR count). The molecule has 15 nitrogen and oxygen atoms in total. The first-order valence-electron chi connectivity index (χ1n) is 22.4. The van der Waals surface area contributed by atoms with Crippen molar-refractivity contribution in [3.8, 4) is 45.6 Å². The van der Waals surface area contributed by atoms with Gasteiger partial charge in [-0.2, -0.15) is 0 Å². The van der Waals surface area contributed by atoms with E-state index >= 15 is 0 Å². The van der Waals surface area contributed by atoms with Gasteiger partial charge in [0.2, 0.25) is 0 Å². The quantitative estimate of drug-likeness (QED) is 0.0750. The molecule has 4 aromatic heterocycles. The number of carbonyl (C=O) groups is 3.